The number of ether oxygens (including phenoxy) is 2. The number of rotatable bonds is 3. The largest absolute Gasteiger partial charge is 0.384 e. The Balaban J connectivity index is 0. The van der Waals surface area contributed by atoms with Crippen molar-refractivity contribution in [3.05, 3.63) is 12.2 Å². The summed E-state index contributed by atoms with van der Waals surface area (Å²) in [7, 11) is 3.42. The molecule has 0 saturated heterocycles. The summed E-state index contributed by atoms with van der Waals surface area (Å²) in [5, 5.41) is 0. The van der Waals surface area contributed by atoms with Crippen LogP contribution in [0.1, 0.15) is 34.1 Å². The highest BCUT2D eigenvalue weighted by molar-refractivity contribution is 5.04. The highest BCUT2D eigenvalue weighted by Crippen LogP contribution is 2.20. The van der Waals surface area contributed by atoms with Crippen LogP contribution in [0.3, 0.4) is 0 Å². The second-order valence-electron chi connectivity index (χ2n) is 3.18. The van der Waals surface area contributed by atoms with E-state index in [-0.39, 0.29) is 12.1 Å². The molecule has 0 radical (unpaired) electrons. The Morgan fingerprint density at radius 3 is 2.12 bits per heavy atom. The van der Waals surface area contributed by atoms with Crippen LogP contribution in [0.5, 0.6) is 0 Å². The Bertz CT molecular complexity index is 160. The van der Waals surface area contributed by atoms with Gasteiger partial charge in [-0.3, -0.25) is 0 Å². The van der Waals surface area contributed by atoms with E-state index in [0.29, 0.717) is 12.5 Å². The van der Waals surface area contributed by atoms with Gasteiger partial charge in [0.05, 0.1) is 12.7 Å². The first-order valence-electron chi connectivity index (χ1n) is 6.23. The molecule has 3 atom stereocenters. The molecule has 1 aliphatic rings. The summed E-state index contributed by atoms with van der Waals surface area (Å²) in [4.78, 5) is 0. The topological polar surface area (TPSA) is 44.5 Å². The van der Waals surface area contributed by atoms with E-state index in [0.717, 1.165) is 6.42 Å². The summed E-state index contributed by atoms with van der Waals surface area (Å²) >= 11 is 0. The SMILES string of the molecule is CC.CC.COCC1C=CC(N)C[C@H]1OC. The molecule has 1 aliphatic carbocycles. The zero-order valence-corrected chi connectivity index (χ0v) is 11.7. The van der Waals surface area contributed by atoms with Crippen LogP contribution in [0.25, 0.3) is 0 Å². The van der Waals surface area contributed by atoms with Gasteiger partial charge in [-0.05, 0) is 6.42 Å². The molecule has 0 fully saturated rings. The molecule has 2 unspecified atom stereocenters. The normalized spacial score (nSPS) is 27.3. The van der Waals surface area contributed by atoms with Gasteiger partial charge in [-0.15, -0.1) is 0 Å². The molecule has 0 bridgehead atoms. The molecule has 0 heterocycles. The lowest BCUT2D eigenvalue weighted by Crippen LogP contribution is -2.36. The van der Waals surface area contributed by atoms with Crippen molar-refractivity contribution in [2.24, 2.45) is 11.7 Å². The van der Waals surface area contributed by atoms with E-state index in [1.54, 1.807) is 14.2 Å². The highest BCUT2D eigenvalue weighted by atomic mass is 16.5. The molecular weight excluding hydrogens is 202 g/mol. The lowest BCUT2D eigenvalue weighted by Gasteiger charge is -2.28. The van der Waals surface area contributed by atoms with E-state index >= 15 is 0 Å². The van der Waals surface area contributed by atoms with Gasteiger partial charge >= 0.3 is 0 Å². The molecule has 0 aromatic rings. The quantitative estimate of drug-likeness (QED) is 0.759. The minimum absolute atomic E-state index is 0.142. The standard InChI is InChI=1S/C9H17NO2.2C2H6/c1-11-6-7-3-4-8(10)5-9(7)12-2;2*1-2/h3-4,7-9H,5-6,10H2,1-2H3;2*1-2H3/t7?,8?,9-;;/m1../s1. The fraction of sp³-hybridized carbons (Fsp3) is 0.846. The second-order valence-corrected chi connectivity index (χ2v) is 3.18. The molecule has 0 spiro atoms. The lowest BCUT2D eigenvalue weighted by molar-refractivity contribution is 0.0223. The van der Waals surface area contributed by atoms with Crippen molar-refractivity contribution in [2.45, 2.75) is 46.3 Å². The Hall–Kier alpha value is -0.380. The Morgan fingerprint density at radius 1 is 1.12 bits per heavy atom. The first-order chi connectivity index (χ1) is 7.77. The Labute approximate surface area is 101 Å². The van der Waals surface area contributed by atoms with E-state index in [4.69, 9.17) is 15.2 Å². The van der Waals surface area contributed by atoms with Crippen LogP contribution in [-0.4, -0.2) is 33.0 Å². The second kappa shape index (κ2) is 12.7. The number of nitrogens with two attached hydrogens (primary N) is 1. The van der Waals surface area contributed by atoms with E-state index in [1.165, 1.54) is 0 Å². The molecule has 2 N–H and O–H groups in total. The minimum Gasteiger partial charge on any atom is -0.384 e. The molecule has 0 amide bonds. The van der Waals surface area contributed by atoms with Crippen molar-refractivity contribution >= 4 is 0 Å². The zero-order chi connectivity index (χ0) is 13.0. The molecular formula is C13H29NO2. The maximum absolute atomic E-state index is 5.75. The third kappa shape index (κ3) is 6.99. The molecule has 3 heteroatoms. The molecule has 98 valence electrons. The van der Waals surface area contributed by atoms with Gasteiger partial charge in [0.15, 0.2) is 0 Å². The predicted molar refractivity (Wildman–Crippen MR) is 70.6 cm³/mol. The average Bonchev–Trinajstić information content (AvgIpc) is 2.36. The van der Waals surface area contributed by atoms with Crippen LogP contribution in [0.15, 0.2) is 12.2 Å². The van der Waals surface area contributed by atoms with Crippen molar-refractivity contribution in [1.82, 2.24) is 0 Å². The first-order valence-corrected chi connectivity index (χ1v) is 6.23. The third-order valence-electron chi connectivity index (χ3n) is 2.25. The highest BCUT2D eigenvalue weighted by Gasteiger charge is 2.24. The van der Waals surface area contributed by atoms with Crippen molar-refractivity contribution in [1.29, 1.82) is 0 Å². The van der Waals surface area contributed by atoms with E-state index in [2.05, 4.69) is 6.08 Å². The van der Waals surface area contributed by atoms with Gasteiger partial charge in [-0.25, -0.2) is 0 Å². The van der Waals surface area contributed by atoms with Gasteiger partial charge in [-0.2, -0.15) is 0 Å². The van der Waals surface area contributed by atoms with Crippen LogP contribution in [0.4, 0.5) is 0 Å². The molecule has 0 aromatic heterocycles. The van der Waals surface area contributed by atoms with Crippen molar-refractivity contribution < 1.29 is 9.47 Å². The predicted octanol–water partition coefficient (Wildman–Crippen LogP) is 2.60. The van der Waals surface area contributed by atoms with E-state index in [9.17, 15) is 0 Å². The van der Waals surface area contributed by atoms with Crippen LogP contribution in [0, 0.1) is 5.92 Å². The summed E-state index contributed by atoms with van der Waals surface area (Å²) in [6.45, 7) is 8.71. The van der Waals surface area contributed by atoms with Crippen LogP contribution in [0.2, 0.25) is 0 Å². The molecule has 1 rings (SSSR count). The first kappa shape index (κ1) is 18.0. The monoisotopic (exact) mass is 231 g/mol. The maximum atomic E-state index is 5.75. The van der Waals surface area contributed by atoms with Crippen molar-refractivity contribution in [3.63, 3.8) is 0 Å². The molecule has 0 aromatic carbocycles. The maximum Gasteiger partial charge on any atom is 0.0673 e. The summed E-state index contributed by atoms with van der Waals surface area (Å²) < 4.78 is 10.4. The zero-order valence-electron chi connectivity index (χ0n) is 11.7. The van der Waals surface area contributed by atoms with Crippen LogP contribution < -0.4 is 5.73 Å². The number of hydrogen-bond donors (Lipinski definition) is 1. The van der Waals surface area contributed by atoms with Crippen LogP contribution in [-0.2, 0) is 9.47 Å². The smallest absolute Gasteiger partial charge is 0.0673 e. The van der Waals surface area contributed by atoms with Gasteiger partial charge in [0, 0.05) is 26.2 Å². The molecule has 3 nitrogen and oxygen atoms in total. The average molecular weight is 231 g/mol. The summed E-state index contributed by atoms with van der Waals surface area (Å²) in [6, 6.07) is 0.142. The van der Waals surface area contributed by atoms with E-state index < -0.39 is 0 Å². The fourth-order valence-electron chi connectivity index (χ4n) is 1.56. The molecule has 0 aliphatic heterocycles. The Morgan fingerprint density at radius 2 is 1.69 bits per heavy atom. The third-order valence-corrected chi connectivity index (χ3v) is 2.25. The van der Waals surface area contributed by atoms with Crippen molar-refractivity contribution in [2.75, 3.05) is 20.8 Å². The fourth-order valence-corrected chi connectivity index (χ4v) is 1.56. The van der Waals surface area contributed by atoms with Gasteiger partial charge in [0.25, 0.3) is 0 Å². The Kier molecular flexibility index (Phi) is 14.3. The minimum atomic E-state index is 0.142. The molecule has 0 saturated carbocycles. The van der Waals surface area contributed by atoms with Gasteiger partial charge in [0.2, 0.25) is 0 Å². The summed E-state index contributed by atoms with van der Waals surface area (Å²) in [5.74, 6) is 0.361. The van der Waals surface area contributed by atoms with E-state index in [1.807, 2.05) is 33.8 Å². The molecule has 16 heavy (non-hydrogen) atoms. The van der Waals surface area contributed by atoms with Gasteiger partial charge in [0.1, 0.15) is 0 Å². The van der Waals surface area contributed by atoms with Crippen LogP contribution >= 0.6 is 0 Å². The summed E-state index contributed by atoms with van der Waals surface area (Å²) in [6.07, 6.45) is 5.22. The summed E-state index contributed by atoms with van der Waals surface area (Å²) in [5.41, 5.74) is 5.75. The van der Waals surface area contributed by atoms with Gasteiger partial charge < -0.3 is 15.2 Å². The van der Waals surface area contributed by atoms with Gasteiger partial charge in [-0.1, -0.05) is 39.8 Å². The number of hydrogen-bond acceptors (Lipinski definition) is 3. The van der Waals surface area contributed by atoms with Crippen molar-refractivity contribution in [3.8, 4) is 0 Å². The number of methoxy groups -OCH3 is 2. The lowest BCUT2D eigenvalue weighted by atomic mass is 9.91.